The second-order valence-electron chi connectivity index (χ2n) is 5.99. The van der Waals surface area contributed by atoms with E-state index in [1.807, 2.05) is 0 Å². The Hall–Kier alpha value is -0.730. The first kappa shape index (κ1) is 13.3. The third-order valence-electron chi connectivity index (χ3n) is 3.55. The molecule has 16 heavy (non-hydrogen) atoms. The van der Waals surface area contributed by atoms with Crippen LogP contribution in [-0.2, 0) is 0 Å². The molecule has 0 aromatic heterocycles. The minimum absolute atomic E-state index is 0.364. The molecule has 0 saturated heterocycles. The van der Waals surface area contributed by atoms with Gasteiger partial charge in [0.2, 0.25) is 0 Å². The summed E-state index contributed by atoms with van der Waals surface area (Å²) in [5.74, 6) is 1.48. The van der Waals surface area contributed by atoms with Crippen molar-refractivity contribution in [2.45, 2.75) is 59.4 Å². The van der Waals surface area contributed by atoms with E-state index in [1.54, 1.807) is 0 Å². The Morgan fingerprint density at radius 1 is 1.44 bits per heavy atom. The minimum atomic E-state index is 0.364. The molecule has 0 aliphatic heterocycles. The number of nitrogens with one attached hydrogen (secondary N) is 1. The smallest absolute Gasteiger partial charge is 0.188 e. The maximum atomic E-state index is 5.82. The molecule has 3 heteroatoms. The van der Waals surface area contributed by atoms with E-state index in [-0.39, 0.29) is 0 Å². The van der Waals surface area contributed by atoms with Crippen molar-refractivity contribution in [3.05, 3.63) is 0 Å². The highest BCUT2D eigenvalue weighted by Crippen LogP contribution is 2.38. The fourth-order valence-corrected chi connectivity index (χ4v) is 2.23. The number of hydrogen-bond acceptors (Lipinski definition) is 1. The van der Waals surface area contributed by atoms with Crippen molar-refractivity contribution in [1.82, 2.24) is 5.32 Å². The molecule has 3 N–H and O–H groups in total. The van der Waals surface area contributed by atoms with Crippen LogP contribution in [0.1, 0.15) is 53.4 Å². The summed E-state index contributed by atoms with van der Waals surface area (Å²) in [6, 6.07) is 0.364. The van der Waals surface area contributed by atoms with Crippen LogP contribution in [0.5, 0.6) is 0 Å². The van der Waals surface area contributed by atoms with Gasteiger partial charge in [0.15, 0.2) is 5.96 Å². The maximum absolute atomic E-state index is 5.82. The Balaban J connectivity index is 2.41. The number of rotatable bonds is 3. The average Bonchev–Trinajstić information content (AvgIpc) is 2.20. The van der Waals surface area contributed by atoms with E-state index in [2.05, 4.69) is 38.0 Å². The van der Waals surface area contributed by atoms with Crippen LogP contribution in [0.4, 0.5) is 0 Å². The molecule has 0 unspecified atom stereocenters. The van der Waals surface area contributed by atoms with Crippen LogP contribution in [-0.4, -0.2) is 18.5 Å². The number of nitrogens with zero attached hydrogens (tertiary/aromatic N) is 1. The van der Waals surface area contributed by atoms with Gasteiger partial charge in [0.1, 0.15) is 0 Å². The monoisotopic (exact) mass is 225 g/mol. The maximum Gasteiger partial charge on any atom is 0.188 e. The number of aliphatic imine (C=N–C) groups is 1. The molecule has 0 atom stereocenters. The van der Waals surface area contributed by atoms with Gasteiger partial charge in [-0.1, -0.05) is 26.7 Å². The highest BCUT2D eigenvalue weighted by molar-refractivity contribution is 5.78. The second kappa shape index (κ2) is 5.55. The zero-order valence-electron chi connectivity index (χ0n) is 11.2. The molecule has 1 aliphatic rings. The van der Waals surface area contributed by atoms with E-state index in [0.717, 1.165) is 12.5 Å². The summed E-state index contributed by atoms with van der Waals surface area (Å²) in [5, 5.41) is 3.14. The topological polar surface area (TPSA) is 50.4 Å². The van der Waals surface area contributed by atoms with Crippen LogP contribution >= 0.6 is 0 Å². The third-order valence-corrected chi connectivity index (χ3v) is 3.55. The molecule has 0 spiro atoms. The Morgan fingerprint density at radius 2 is 2.00 bits per heavy atom. The van der Waals surface area contributed by atoms with Gasteiger partial charge in [-0.25, -0.2) is 0 Å². The molecule has 94 valence electrons. The molecular weight excluding hydrogens is 198 g/mol. The van der Waals surface area contributed by atoms with Gasteiger partial charge in [-0.15, -0.1) is 0 Å². The first-order valence-corrected chi connectivity index (χ1v) is 6.48. The fraction of sp³-hybridized carbons (Fsp3) is 0.923. The number of nitrogens with two attached hydrogens (primary N) is 1. The van der Waals surface area contributed by atoms with Crippen molar-refractivity contribution >= 4 is 5.96 Å². The highest BCUT2D eigenvalue weighted by Gasteiger charge is 2.29. The summed E-state index contributed by atoms with van der Waals surface area (Å²) in [6.07, 6.45) is 5.24. The van der Waals surface area contributed by atoms with Crippen molar-refractivity contribution in [3.8, 4) is 0 Å². The van der Waals surface area contributed by atoms with Crippen molar-refractivity contribution < 1.29 is 0 Å². The van der Waals surface area contributed by atoms with Gasteiger partial charge in [0.05, 0.1) is 0 Å². The lowest BCUT2D eigenvalue weighted by molar-refractivity contribution is 0.187. The SMILES string of the molecule is CC1CCC(C)(CN=C(N)NC(C)C)CC1. The average molecular weight is 225 g/mol. The van der Waals surface area contributed by atoms with E-state index < -0.39 is 0 Å². The quantitative estimate of drug-likeness (QED) is 0.573. The van der Waals surface area contributed by atoms with Gasteiger partial charge in [-0.3, -0.25) is 4.99 Å². The van der Waals surface area contributed by atoms with E-state index in [0.29, 0.717) is 17.4 Å². The van der Waals surface area contributed by atoms with Crippen molar-refractivity contribution in [1.29, 1.82) is 0 Å². The van der Waals surface area contributed by atoms with E-state index >= 15 is 0 Å². The summed E-state index contributed by atoms with van der Waals surface area (Å²) in [7, 11) is 0. The third kappa shape index (κ3) is 4.42. The molecule has 0 heterocycles. The first-order chi connectivity index (χ1) is 7.41. The van der Waals surface area contributed by atoms with Gasteiger partial charge in [0, 0.05) is 12.6 Å². The highest BCUT2D eigenvalue weighted by atomic mass is 15.1. The molecule has 0 aromatic rings. The van der Waals surface area contributed by atoms with Crippen LogP contribution < -0.4 is 11.1 Å². The largest absolute Gasteiger partial charge is 0.370 e. The summed E-state index contributed by atoms with van der Waals surface area (Å²) in [5.41, 5.74) is 6.19. The molecule has 0 radical (unpaired) electrons. The second-order valence-corrected chi connectivity index (χ2v) is 5.99. The van der Waals surface area contributed by atoms with E-state index in [4.69, 9.17) is 5.73 Å². The predicted molar refractivity (Wildman–Crippen MR) is 70.5 cm³/mol. The summed E-state index contributed by atoms with van der Waals surface area (Å²) in [4.78, 5) is 4.47. The lowest BCUT2D eigenvalue weighted by Gasteiger charge is -2.35. The lowest BCUT2D eigenvalue weighted by atomic mass is 9.72. The van der Waals surface area contributed by atoms with Crippen LogP contribution in [0, 0.1) is 11.3 Å². The lowest BCUT2D eigenvalue weighted by Crippen LogP contribution is -2.38. The van der Waals surface area contributed by atoms with Crippen molar-refractivity contribution in [3.63, 3.8) is 0 Å². The molecule has 0 amide bonds. The van der Waals surface area contributed by atoms with Crippen LogP contribution in [0.2, 0.25) is 0 Å². The first-order valence-electron chi connectivity index (χ1n) is 6.48. The molecule has 0 aromatic carbocycles. The van der Waals surface area contributed by atoms with Gasteiger partial charge >= 0.3 is 0 Å². The number of guanidine groups is 1. The molecular formula is C13H27N3. The zero-order chi connectivity index (χ0) is 12.2. The van der Waals surface area contributed by atoms with E-state index in [1.165, 1.54) is 25.7 Å². The van der Waals surface area contributed by atoms with Crippen molar-refractivity contribution in [2.24, 2.45) is 22.1 Å². The molecule has 1 fully saturated rings. The summed E-state index contributed by atoms with van der Waals surface area (Å²) < 4.78 is 0. The predicted octanol–water partition coefficient (Wildman–Crippen LogP) is 2.52. The van der Waals surface area contributed by atoms with Crippen molar-refractivity contribution in [2.75, 3.05) is 6.54 Å². The molecule has 1 aliphatic carbocycles. The van der Waals surface area contributed by atoms with Gasteiger partial charge < -0.3 is 11.1 Å². The fourth-order valence-electron chi connectivity index (χ4n) is 2.23. The Morgan fingerprint density at radius 3 is 2.50 bits per heavy atom. The Kier molecular flexibility index (Phi) is 4.63. The van der Waals surface area contributed by atoms with Crippen LogP contribution in [0.25, 0.3) is 0 Å². The summed E-state index contributed by atoms with van der Waals surface area (Å²) in [6.45, 7) is 9.70. The zero-order valence-corrected chi connectivity index (χ0v) is 11.2. The normalized spacial score (nSPS) is 31.8. The van der Waals surface area contributed by atoms with E-state index in [9.17, 15) is 0 Å². The molecule has 3 nitrogen and oxygen atoms in total. The number of hydrogen-bond donors (Lipinski definition) is 2. The molecule has 1 saturated carbocycles. The summed E-state index contributed by atoms with van der Waals surface area (Å²) >= 11 is 0. The van der Waals surface area contributed by atoms with Crippen LogP contribution in [0.3, 0.4) is 0 Å². The standard InChI is InChI=1S/C13H27N3/c1-10(2)16-12(14)15-9-13(4)7-5-11(3)6-8-13/h10-11H,5-9H2,1-4H3,(H3,14,15,16). The van der Waals surface area contributed by atoms with Gasteiger partial charge in [-0.05, 0) is 38.0 Å². The molecule has 0 bridgehead atoms. The Bertz CT molecular complexity index is 238. The Labute approximate surface area is 99.9 Å². The van der Waals surface area contributed by atoms with Gasteiger partial charge in [0.25, 0.3) is 0 Å². The minimum Gasteiger partial charge on any atom is -0.370 e. The molecule has 1 rings (SSSR count). The van der Waals surface area contributed by atoms with Gasteiger partial charge in [-0.2, -0.15) is 0 Å². The van der Waals surface area contributed by atoms with Crippen LogP contribution in [0.15, 0.2) is 4.99 Å².